The number of aryl methyl sites for hydroxylation is 2. The van der Waals surface area contributed by atoms with E-state index < -0.39 is 5.91 Å². The number of benzene rings is 1. The number of hydrogen-bond donors (Lipinski definition) is 2. The fourth-order valence-corrected chi connectivity index (χ4v) is 3.64. The molecule has 0 unspecified atom stereocenters. The second-order valence-electron chi connectivity index (χ2n) is 7.87. The molecule has 4 heterocycles. The Hall–Kier alpha value is -5.30. The number of hydrogen-bond acceptors (Lipinski definition) is 7. The van der Waals surface area contributed by atoms with Crippen molar-refractivity contribution in [2.45, 2.75) is 13.3 Å². The van der Waals surface area contributed by atoms with Crippen molar-refractivity contribution < 1.29 is 4.79 Å². The number of carbonyl (C=O) groups is 1. The molecule has 184 valence electrons. The SMILES string of the molecule is CCc1nc2cccc(C#Cc3cnn(C)c3)n2c(=O)c1-c1ccccc1.NC(=O)c1nccnc1N. The average molecular weight is 493 g/mol. The Morgan fingerprint density at radius 3 is 2.41 bits per heavy atom. The molecule has 5 aromatic rings. The predicted molar refractivity (Wildman–Crippen MR) is 140 cm³/mol. The fraction of sp³-hybridized carbons (Fsp3) is 0.111. The van der Waals surface area contributed by atoms with Crippen LogP contribution < -0.4 is 17.0 Å². The summed E-state index contributed by atoms with van der Waals surface area (Å²) in [4.78, 5) is 35.8. The third kappa shape index (κ3) is 5.52. The molecule has 0 aliphatic rings. The summed E-state index contributed by atoms with van der Waals surface area (Å²) in [5.41, 5.74) is 14.4. The van der Waals surface area contributed by atoms with Gasteiger partial charge in [0, 0.05) is 25.6 Å². The van der Waals surface area contributed by atoms with Gasteiger partial charge in [-0.05, 0) is 30.0 Å². The van der Waals surface area contributed by atoms with Gasteiger partial charge in [0.15, 0.2) is 11.5 Å². The third-order valence-electron chi connectivity index (χ3n) is 5.32. The standard InChI is InChI=1S/C22H18N4O.C5H6N4O/c1-3-19-21(17-8-5-4-6-9-17)22(27)26-18(10-7-11-20(26)24-19)13-12-16-14-23-25(2)15-16;6-4-3(5(7)10)8-1-2-9-4/h4-11,14-15H,3H2,1-2H3;1-2H,(H2,6,9)(H2,7,10). The minimum absolute atomic E-state index is 0.0162. The molecule has 10 heteroatoms. The summed E-state index contributed by atoms with van der Waals surface area (Å²) in [6, 6.07) is 15.2. The summed E-state index contributed by atoms with van der Waals surface area (Å²) in [7, 11) is 1.84. The van der Waals surface area contributed by atoms with Crippen molar-refractivity contribution in [3.63, 3.8) is 0 Å². The van der Waals surface area contributed by atoms with E-state index in [-0.39, 0.29) is 17.1 Å². The highest BCUT2D eigenvalue weighted by atomic mass is 16.1. The molecule has 0 spiro atoms. The van der Waals surface area contributed by atoms with Gasteiger partial charge in [-0.1, -0.05) is 49.2 Å². The Bertz CT molecular complexity index is 1690. The van der Waals surface area contributed by atoms with Crippen molar-refractivity contribution in [1.29, 1.82) is 0 Å². The van der Waals surface area contributed by atoms with E-state index >= 15 is 0 Å². The van der Waals surface area contributed by atoms with Crippen molar-refractivity contribution in [3.05, 3.63) is 106 Å². The number of carbonyl (C=O) groups excluding carboxylic acids is 1. The largest absolute Gasteiger partial charge is 0.382 e. The maximum atomic E-state index is 13.4. The fourth-order valence-electron chi connectivity index (χ4n) is 3.64. The average Bonchev–Trinajstić information content (AvgIpc) is 3.33. The summed E-state index contributed by atoms with van der Waals surface area (Å²) in [5.74, 6) is 5.57. The van der Waals surface area contributed by atoms with E-state index in [4.69, 9.17) is 16.5 Å². The summed E-state index contributed by atoms with van der Waals surface area (Å²) < 4.78 is 3.28. The van der Waals surface area contributed by atoms with E-state index in [0.29, 0.717) is 23.3 Å². The van der Waals surface area contributed by atoms with Crippen LogP contribution in [0.15, 0.2) is 78.1 Å². The molecule has 0 aliphatic carbocycles. The summed E-state index contributed by atoms with van der Waals surface area (Å²) in [6.07, 6.45) is 6.97. The zero-order chi connectivity index (χ0) is 26.4. The zero-order valence-corrected chi connectivity index (χ0v) is 20.3. The molecule has 0 radical (unpaired) electrons. The van der Waals surface area contributed by atoms with E-state index in [1.165, 1.54) is 12.4 Å². The molecule has 0 saturated heterocycles. The van der Waals surface area contributed by atoms with Crippen molar-refractivity contribution in [2.24, 2.45) is 12.8 Å². The van der Waals surface area contributed by atoms with Crippen LogP contribution in [0.25, 0.3) is 16.8 Å². The lowest BCUT2D eigenvalue weighted by Gasteiger charge is -2.11. The van der Waals surface area contributed by atoms with Crippen molar-refractivity contribution in [3.8, 4) is 23.0 Å². The predicted octanol–water partition coefficient (Wildman–Crippen LogP) is 2.21. The summed E-state index contributed by atoms with van der Waals surface area (Å²) in [5, 5.41) is 4.12. The number of rotatable bonds is 3. The van der Waals surface area contributed by atoms with E-state index in [1.807, 2.05) is 68.7 Å². The van der Waals surface area contributed by atoms with E-state index in [9.17, 15) is 9.59 Å². The quantitative estimate of drug-likeness (QED) is 0.367. The van der Waals surface area contributed by atoms with Crippen LogP contribution in [0.4, 0.5) is 5.82 Å². The Morgan fingerprint density at radius 2 is 1.78 bits per heavy atom. The van der Waals surface area contributed by atoms with Gasteiger partial charge in [-0.2, -0.15) is 5.10 Å². The number of pyridine rings is 1. The van der Waals surface area contributed by atoms with Crippen LogP contribution in [0.3, 0.4) is 0 Å². The molecule has 0 aliphatic heterocycles. The highest BCUT2D eigenvalue weighted by molar-refractivity contribution is 5.94. The zero-order valence-electron chi connectivity index (χ0n) is 20.3. The second kappa shape index (κ2) is 11.0. The summed E-state index contributed by atoms with van der Waals surface area (Å²) >= 11 is 0. The maximum absolute atomic E-state index is 13.4. The van der Waals surface area contributed by atoms with Crippen LogP contribution in [0.2, 0.25) is 0 Å². The number of aromatic nitrogens is 6. The molecule has 0 atom stereocenters. The van der Waals surface area contributed by atoms with Gasteiger partial charge in [0.25, 0.3) is 11.5 Å². The molecular weight excluding hydrogens is 468 g/mol. The van der Waals surface area contributed by atoms with Crippen LogP contribution in [0.5, 0.6) is 0 Å². The Labute approximate surface area is 212 Å². The second-order valence-corrected chi connectivity index (χ2v) is 7.87. The Morgan fingerprint density at radius 1 is 1.03 bits per heavy atom. The van der Waals surface area contributed by atoms with Crippen molar-refractivity contribution in [1.82, 2.24) is 29.1 Å². The number of primary amides is 1. The first kappa shape index (κ1) is 24.8. The first-order valence-corrected chi connectivity index (χ1v) is 11.4. The molecule has 1 amide bonds. The van der Waals surface area contributed by atoms with Gasteiger partial charge in [0.2, 0.25) is 0 Å². The van der Waals surface area contributed by atoms with Gasteiger partial charge in [0.05, 0.1) is 23.0 Å². The van der Waals surface area contributed by atoms with Gasteiger partial charge in [-0.3, -0.25) is 18.7 Å². The molecular formula is C27H24N8O2. The molecule has 37 heavy (non-hydrogen) atoms. The minimum atomic E-state index is -0.661. The number of fused-ring (bicyclic) bond motifs is 1. The van der Waals surface area contributed by atoms with E-state index in [2.05, 4.69) is 26.9 Å². The van der Waals surface area contributed by atoms with E-state index in [1.54, 1.807) is 15.3 Å². The van der Waals surface area contributed by atoms with Gasteiger partial charge < -0.3 is 11.5 Å². The van der Waals surface area contributed by atoms with Crippen LogP contribution in [-0.2, 0) is 13.5 Å². The first-order chi connectivity index (χ1) is 17.9. The normalized spacial score (nSPS) is 10.2. The Kier molecular flexibility index (Phi) is 7.35. The third-order valence-corrected chi connectivity index (χ3v) is 5.32. The topological polar surface area (TPSA) is 147 Å². The highest BCUT2D eigenvalue weighted by Gasteiger charge is 2.14. The monoisotopic (exact) mass is 492 g/mol. The van der Waals surface area contributed by atoms with Crippen molar-refractivity contribution >= 4 is 17.4 Å². The Balaban J connectivity index is 0.000000270. The van der Waals surface area contributed by atoms with Crippen LogP contribution in [0, 0.1) is 11.8 Å². The molecule has 4 aromatic heterocycles. The molecule has 1 aromatic carbocycles. The first-order valence-electron chi connectivity index (χ1n) is 11.4. The lowest BCUT2D eigenvalue weighted by molar-refractivity contribution is 0.0996. The number of nitrogens with zero attached hydrogens (tertiary/aromatic N) is 6. The molecule has 0 saturated carbocycles. The molecule has 0 bridgehead atoms. The van der Waals surface area contributed by atoms with Crippen LogP contribution in [0.1, 0.15) is 34.4 Å². The van der Waals surface area contributed by atoms with Gasteiger partial charge in [-0.25, -0.2) is 15.0 Å². The van der Waals surface area contributed by atoms with Crippen LogP contribution in [-0.4, -0.2) is 35.0 Å². The number of anilines is 1. The summed E-state index contributed by atoms with van der Waals surface area (Å²) in [6.45, 7) is 2.01. The van der Waals surface area contributed by atoms with Gasteiger partial charge in [-0.15, -0.1) is 0 Å². The number of amides is 1. The lowest BCUT2D eigenvalue weighted by Crippen LogP contribution is -2.21. The molecule has 4 N–H and O–H groups in total. The van der Waals surface area contributed by atoms with Crippen molar-refractivity contribution in [2.75, 3.05) is 5.73 Å². The molecule has 5 rings (SSSR count). The molecule has 10 nitrogen and oxygen atoms in total. The smallest absolute Gasteiger partial charge is 0.271 e. The highest BCUT2D eigenvalue weighted by Crippen LogP contribution is 2.20. The number of nitrogen functional groups attached to an aromatic ring is 1. The van der Waals surface area contributed by atoms with Gasteiger partial charge in [0.1, 0.15) is 11.3 Å². The van der Waals surface area contributed by atoms with Crippen LogP contribution >= 0.6 is 0 Å². The maximum Gasteiger partial charge on any atom is 0.271 e. The van der Waals surface area contributed by atoms with Gasteiger partial charge >= 0.3 is 0 Å². The van der Waals surface area contributed by atoms with E-state index in [0.717, 1.165) is 16.8 Å². The minimum Gasteiger partial charge on any atom is -0.382 e. The number of nitrogens with two attached hydrogens (primary N) is 2. The lowest BCUT2D eigenvalue weighted by atomic mass is 10.0. The molecule has 0 fully saturated rings.